The molecule has 6 heteroatoms. The van der Waals surface area contributed by atoms with Gasteiger partial charge in [-0.15, -0.1) is 0 Å². The molecule has 0 radical (unpaired) electrons. The van der Waals surface area contributed by atoms with Crippen molar-refractivity contribution >= 4 is 28.6 Å². The van der Waals surface area contributed by atoms with E-state index in [1.165, 1.54) is 23.5 Å². The van der Waals surface area contributed by atoms with E-state index in [2.05, 4.69) is 10.1 Å². The second kappa shape index (κ2) is 5.79. The number of hydrogen-bond donors (Lipinski definition) is 0. The molecule has 3 aromatic rings. The SMILES string of the molecule is Cn1nc(-c2ccc(Cl)cc2)s/c1=N/c1ccc(F)cc1. The molecule has 2 aromatic carbocycles. The minimum absolute atomic E-state index is 0.274. The molecule has 0 atom stereocenters. The van der Waals surface area contributed by atoms with Gasteiger partial charge >= 0.3 is 0 Å². The molecule has 0 bridgehead atoms. The Kier molecular flexibility index (Phi) is 3.86. The molecule has 0 N–H and O–H groups in total. The van der Waals surface area contributed by atoms with E-state index in [9.17, 15) is 4.39 Å². The number of hydrogen-bond acceptors (Lipinski definition) is 3. The van der Waals surface area contributed by atoms with Gasteiger partial charge in [0.05, 0.1) is 5.69 Å². The summed E-state index contributed by atoms with van der Waals surface area (Å²) in [5.74, 6) is -0.274. The second-order valence-electron chi connectivity index (χ2n) is 4.41. The van der Waals surface area contributed by atoms with Crippen LogP contribution < -0.4 is 4.80 Å². The van der Waals surface area contributed by atoms with Crippen molar-refractivity contribution < 1.29 is 4.39 Å². The molecule has 0 saturated heterocycles. The smallest absolute Gasteiger partial charge is 0.208 e. The first-order valence-corrected chi connectivity index (χ1v) is 7.42. The summed E-state index contributed by atoms with van der Waals surface area (Å²) in [6, 6.07) is 13.5. The quantitative estimate of drug-likeness (QED) is 0.697. The van der Waals surface area contributed by atoms with Crippen LogP contribution in [0.25, 0.3) is 10.6 Å². The van der Waals surface area contributed by atoms with Crippen molar-refractivity contribution in [1.29, 1.82) is 0 Å². The fourth-order valence-electron chi connectivity index (χ4n) is 1.78. The van der Waals surface area contributed by atoms with Gasteiger partial charge in [0.1, 0.15) is 10.8 Å². The van der Waals surface area contributed by atoms with Gasteiger partial charge < -0.3 is 0 Å². The summed E-state index contributed by atoms with van der Waals surface area (Å²) in [7, 11) is 1.83. The van der Waals surface area contributed by atoms with Gasteiger partial charge in [0.25, 0.3) is 0 Å². The minimum Gasteiger partial charge on any atom is -0.241 e. The van der Waals surface area contributed by atoms with Crippen molar-refractivity contribution in [1.82, 2.24) is 9.78 Å². The highest BCUT2D eigenvalue weighted by molar-refractivity contribution is 7.12. The molecule has 0 aliphatic carbocycles. The van der Waals surface area contributed by atoms with Crippen LogP contribution in [-0.2, 0) is 7.05 Å². The minimum atomic E-state index is -0.274. The monoisotopic (exact) mass is 319 g/mol. The summed E-state index contributed by atoms with van der Waals surface area (Å²) in [4.78, 5) is 5.21. The Morgan fingerprint density at radius 2 is 1.76 bits per heavy atom. The molecule has 3 rings (SSSR count). The van der Waals surface area contributed by atoms with Crippen molar-refractivity contribution in [2.45, 2.75) is 0 Å². The first kappa shape index (κ1) is 14.0. The summed E-state index contributed by atoms with van der Waals surface area (Å²) in [6.45, 7) is 0. The van der Waals surface area contributed by atoms with Gasteiger partial charge in [0, 0.05) is 17.6 Å². The highest BCUT2D eigenvalue weighted by Crippen LogP contribution is 2.21. The lowest BCUT2D eigenvalue weighted by Gasteiger charge is -1.94. The van der Waals surface area contributed by atoms with Gasteiger partial charge in [-0.05, 0) is 36.4 Å². The van der Waals surface area contributed by atoms with Crippen LogP contribution in [0.4, 0.5) is 10.1 Å². The van der Waals surface area contributed by atoms with E-state index >= 15 is 0 Å². The average molecular weight is 320 g/mol. The topological polar surface area (TPSA) is 30.2 Å². The van der Waals surface area contributed by atoms with Crippen LogP contribution in [0, 0.1) is 5.82 Å². The highest BCUT2D eigenvalue weighted by Gasteiger charge is 2.05. The third-order valence-corrected chi connectivity index (χ3v) is 4.15. The van der Waals surface area contributed by atoms with Gasteiger partial charge in [0.2, 0.25) is 4.80 Å². The summed E-state index contributed by atoms with van der Waals surface area (Å²) in [5.41, 5.74) is 1.68. The summed E-state index contributed by atoms with van der Waals surface area (Å²) < 4.78 is 14.6. The van der Waals surface area contributed by atoms with E-state index in [1.807, 2.05) is 31.3 Å². The molecule has 21 heavy (non-hydrogen) atoms. The van der Waals surface area contributed by atoms with E-state index in [0.29, 0.717) is 10.7 Å². The van der Waals surface area contributed by atoms with E-state index in [4.69, 9.17) is 11.6 Å². The summed E-state index contributed by atoms with van der Waals surface area (Å²) in [5, 5.41) is 6.00. The van der Waals surface area contributed by atoms with E-state index in [-0.39, 0.29) is 5.82 Å². The standard InChI is InChI=1S/C15H11ClFN3S/c1-20-15(18-13-8-6-12(17)7-9-13)21-14(19-20)10-2-4-11(16)5-3-10/h2-9H,1H3/b18-15+. The molecule has 1 heterocycles. The molecule has 106 valence electrons. The predicted octanol–water partition coefficient (Wildman–Crippen LogP) is 4.17. The predicted molar refractivity (Wildman–Crippen MR) is 83.2 cm³/mol. The lowest BCUT2D eigenvalue weighted by molar-refractivity contribution is 0.628. The number of benzene rings is 2. The Bertz CT molecular complexity index is 819. The fourth-order valence-corrected chi connectivity index (χ4v) is 2.82. The zero-order chi connectivity index (χ0) is 14.8. The molecule has 0 unspecified atom stereocenters. The highest BCUT2D eigenvalue weighted by atomic mass is 35.5. The Morgan fingerprint density at radius 1 is 1.10 bits per heavy atom. The Hall–Kier alpha value is -1.98. The van der Waals surface area contributed by atoms with Crippen molar-refractivity contribution in [2.75, 3.05) is 0 Å². The Labute approximate surface area is 130 Å². The summed E-state index contributed by atoms with van der Waals surface area (Å²) >= 11 is 7.35. The van der Waals surface area contributed by atoms with Gasteiger partial charge in [0.15, 0.2) is 0 Å². The van der Waals surface area contributed by atoms with Crippen molar-refractivity contribution in [3.63, 3.8) is 0 Å². The lowest BCUT2D eigenvalue weighted by Crippen LogP contribution is -2.10. The fraction of sp³-hybridized carbons (Fsp3) is 0.0667. The molecule has 0 saturated carbocycles. The van der Waals surface area contributed by atoms with Crippen molar-refractivity contribution in [3.8, 4) is 10.6 Å². The normalized spacial score (nSPS) is 11.9. The van der Waals surface area contributed by atoms with Crippen LogP contribution in [-0.4, -0.2) is 9.78 Å². The van der Waals surface area contributed by atoms with Gasteiger partial charge in [-0.1, -0.05) is 35.1 Å². The Morgan fingerprint density at radius 3 is 2.43 bits per heavy atom. The second-order valence-corrected chi connectivity index (χ2v) is 5.80. The number of aromatic nitrogens is 2. The van der Waals surface area contributed by atoms with Crippen LogP contribution in [0.3, 0.4) is 0 Å². The molecular formula is C15H11ClFN3S. The van der Waals surface area contributed by atoms with E-state index in [1.54, 1.807) is 16.8 Å². The number of rotatable bonds is 2. The van der Waals surface area contributed by atoms with Crippen LogP contribution >= 0.6 is 22.9 Å². The largest absolute Gasteiger partial charge is 0.241 e. The third-order valence-electron chi connectivity index (χ3n) is 2.85. The average Bonchev–Trinajstić information content (AvgIpc) is 2.83. The molecule has 3 nitrogen and oxygen atoms in total. The van der Waals surface area contributed by atoms with Crippen molar-refractivity contribution in [3.05, 3.63) is 64.2 Å². The van der Waals surface area contributed by atoms with Crippen LogP contribution in [0.2, 0.25) is 5.02 Å². The van der Waals surface area contributed by atoms with Gasteiger partial charge in [-0.2, -0.15) is 5.10 Å². The van der Waals surface area contributed by atoms with E-state index < -0.39 is 0 Å². The van der Waals surface area contributed by atoms with Crippen LogP contribution in [0.5, 0.6) is 0 Å². The Balaban J connectivity index is 2.01. The molecule has 0 aliphatic heterocycles. The van der Waals surface area contributed by atoms with E-state index in [0.717, 1.165) is 15.4 Å². The maximum Gasteiger partial charge on any atom is 0.208 e. The lowest BCUT2D eigenvalue weighted by atomic mass is 10.2. The molecule has 0 aliphatic rings. The molecule has 0 spiro atoms. The van der Waals surface area contributed by atoms with Gasteiger partial charge in [-0.3, -0.25) is 0 Å². The molecule has 0 fully saturated rings. The maximum atomic E-state index is 12.9. The zero-order valence-electron chi connectivity index (χ0n) is 11.1. The van der Waals surface area contributed by atoms with Crippen LogP contribution in [0.15, 0.2) is 53.5 Å². The maximum absolute atomic E-state index is 12.9. The molecule has 0 amide bonds. The molecule has 1 aromatic heterocycles. The number of nitrogens with zero attached hydrogens (tertiary/aromatic N) is 3. The van der Waals surface area contributed by atoms with Crippen molar-refractivity contribution in [2.24, 2.45) is 12.0 Å². The first-order valence-electron chi connectivity index (χ1n) is 6.22. The third kappa shape index (κ3) is 3.20. The first-order chi connectivity index (χ1) is 10.1. The number of halogens is 2. The van der Waals surface area contributed by atoms with Crippen LogP contribution in [0.1, 0.15) is 0 Å². The van der Waals surface area contributed by atoms with Gasteiger partial charge in [-0.25, -0.2) is 14.1 Å². The molecular weight excluding hydrogens is 309 g/mol. The summed E-state index contributed by atoms with van der Waals surface area (Å²) in [6.07, 6.45) is 0. The zero-order valence-corrected chi connectivity index (χ0v) is 12.7. The number of aryl methyl sites for hydroxylation is 1.